The van der Waals surface area contributed by atoms with Crippen molar-refractivity contribution in [3.8, 4) is 0 Å². The summed E-state index contributed by atoms with van der Waals surface area (Å²) in [7, 11) is 0. The molecule has 0 aromatic heterocycles. The molecule has 0 aliphatic heterocycles. The van der Waals surface area contributed by atoms with Gasteiger partial charge in [0.15, 0.2) is 0 Å². The summed E-state index contributed by atoms with van der Waals surface area (Å²) >= 11 is 0. The number of hydrazone groups is 1. The van der Waals surface area contributed by atoms with Crippen LogP contribution >= 0.6 is 0 Å². The fourth-order valence-electron chi connectivity index (χ4n) is 1.40. The quantitative estimate of drug-likeness (QED) is 0.631. The second-order valence-corrected chi connectivity index (χ2v) is 3.63. The summed E-state index contributed by atoms with van der Waals surface area (Å²) in [4.78, 5) is 0. The fourth-order valence-corrected chi connectivity index (χ4v) is 1.40. The Bertz CT molecular complexity index is 477. The van der Waals surface area contributed by atoms with Crippen LogP contribution in [0.4, 0.5) is 4.39 Å². The zero-order chi connectivity index (χ0) is 11.9. The van der Waals surface area contributed by atoms with E-state index in [4.69, 9.17) is 0 Å². The molecule has 0 heterocycles. The van der Waals surface area contributed by atoms with Crippen molar-refractivity contribution in [2.75, 3.05) is 0 Å². The molecule has 0 fully saturated rings. The number of rotatable bonds is 4. The van der Waals surface area contributed by atoms with Crippen LogP contribution in [0.2, 0.25) is 0 Å². The maximum absolute atomic E-state index is 12.6. The number of hydrogen-bond acceptors (Lipinski definition) is 2. The van der Waals surface area contributed by atoms with Crippen molar-refractivity contribution in [2.24, 2.45) is 5.10 Å². The lowest BCUT2D eigenvalue weighted by molar-refractivity contribution is 0.628. The molecule has 2 aromatic carbocycles. The van der Waals surface area contributed by atoms with Gasteiger partial charge in [0.05, 0.1) is 12.8 Å². The van der Waals surface area contributed by atoms with Crippen LogP contribution in [0.1, 0.15) is 11.1 Å². The molecule has 1 N–H and O–H groups in total. The number of halogens is 1. The third-order valence-corrected chi connectivity index (χ3v) is 2.30. The first-order chi connectivity index (χ1) is 8.34. The van der Waals surface area contributed by atoms with Crippen molar-refractivity contribution >= 4 is 6.21 Å². The van der Waals surface area contributed by atoms with Crippen LogP contribution in [0.25, 0.3) is 0 Å². The lowest BCUT2D eigenvalue weighted by Crippen LogP contribution is -2.05. The standard InChI is InChI=1S/C14H13FN2/c15-14-8-6-13(7-9-14)11-17-16-10-12-4-2-1-3-5-12/h1-9,11,16H,10H2. The van der Waals surface area contributed by atoms with Crippen LogP contribution in [0.3, 0.4) is 0 Å². The first-order valence-electron chi connectivity index (χ1n) is 5.40. The number of nitrogens with zero attached hydrogens (tertiary/aromatic N) is 1. The normalized spacial score (nSPS) is 10.6. The Hall–Kier alpha value is -2.16. The van der Waals surface area contributed by atoms with E-state index in [-0.39, 0.29) is 5.82 Å². The molecule has 0 unspecified atom stereocenters. The van der Waals surface area contributed by atoms with E-state index < -0.39 is 0 Å². The van der Waals surface area contributed by atoms with Crippen LogP contribution in [0.5, 0.6) is 0 Å². The zero-order valence-electron chi connectivity index (χ0n) is 9.31. The molecule has 0 aliphatic rings. The SMILES string of the molecule is Fc1ccc(C=NNCc2ccccc2)cc1. The van der Waals surface area contributed by atoms with Crippen molar-refractivity contribution in [1.29, 1.82) is 0 Å². The molecule has 0 radical (unpaired) electrons. The van der Waals surface area contributed by atoms with E-state index in [1.165, 1.54) is 17.7 Å². The third-order valence-electron chi connectivity index (χ3n) is 2.30. The molecule has 0 saturated heterocycles. The molecule has 86 valence electrons. The molecular weight excluding hydrogens is 215 g/mol. The molecule has 2 aromatic rings. The molecule has 2 rings (SSSR count). The van der Waals surface area contributed by atoms with Gasteiger partial charge < -0.3 is 5.43 Å². The van der Waals surface area contributed by atoms with E-state index in [0.29, 0.717) is 6.54 Å². The summed E-state index contributed by atoms with van der Waals surface area (Å²) in [6.07, 6.45) is 1.67. The summed E-state index contributed by atoms with van der Waals surface area (Å²) in [6.45, 7) is 0.679. The Kier molecular flexibility index (Phi) is 3.86. The zero-order valence-corrected chi connectivity index (χ0v) is 9.31. The number of hydrogen-bond donors (Lipinski definition) is 1. The Labute approximate surface area is 99.8 Å². The summed E-state index contributed by atoms with van der Waals surface area (Å²) in [5, 5.41) is 4.07. The van der Waals surface area contributed by atoms with E-state index in [9.17, 15) is 4.39 Å². The van der Waals surface area contributed by atoms with E-state index in [1.54, 1.807) is 18.3 Å². The van der Waals surface area contributed by atoms with Crippen LogP contribution in [-0.4, -0.2) is 6.21 Å². The van der Waals surface area contributed by atoms with E-state index in [0.717, 1.165) is 5.56 Å². The third kappa shape index (κ3) is 3.72. The Morgan fingerprint density at radius 1 is 1.00 bits per heavy atom. The smallest absolute Gasteiger partial charge is 0.123 e. The fraction of sp³-hybridized carbons (Fsp3) is 0.0714. The van der Waals surface area contributed by atoms with Crippen molar-refractivity contribution < 1.29 is 4.39 Å². The van der Waals surface area contributed by atoms with Gasteiger partial charge in [-0.15, -0.1) is 0 Å². The predicted molar refractivity (Wildman–Crippen MR) is 67.3 cm³/mol. The monoisotopic (exact) mass is 228 g/mol. The summed E-state index contributed by atoms with van der Waals surface area (Å²) < 4.78 is 12.6. The second-order valence-electron chi connectivity index (χ2n) is 3.63. The molecule has 0 spiro atoms. The van der Waals surface area contributed by atoms with Gasteiger partial charge in [0.2, 0.25) is 0 Å². The van der Waals surface area contributed by atoms with Crippen LogP contribution in [0.15, 0.2) is 59.7 Å². The first-order valence-corrected chi connectivity index (χ1v) is 5.40. The molecular formula is C14H13FN2. The summed E-state index contributed by atoms with van der Waals surface area (Å²) in [5.41, 5.74) is 4.98. The lowest BCUT2D eigenvalue weighted by atomic mass is 10.2. The van der Waals surface area contributed by atoms with Gasteiger partial charge in [0.25, 0.3) is 0 Å². The van der Waals surface area contributed by atoms with E-state index in [2.05, 4.69) is 10.5 Å². The maximum atomic E-state index is 12.6. The summed E-state index contributed by atoms with van der Waals surface area (Å²) in [5.74, 6) is -0.237. The topological polar surface area (TPSA) is 24.4 Å². The highest BCUT2D eigenvalue weighted by Gasteiger charge is 1.90. The van der Waals surface area contributed by atoms with Crippen molar-refractivity contribution in [1.82, 2.24) is 5.43 Å². The minimum absolute atomic E-state index is 0.237. The predicted octanol–water partition coefficient (Wildman–Crippen LogP) is 2.95. The maximum Gasteiger partial charge on any atom is 0.123 e. The van der Waals surface area contributed by atoms with Gasteiger partial charge in [0, 0.05) is 0 Å². The highest BCUT2D eigenvalue weighted by molar-refractivity contribution is 5.79. The molecule has 0 aliphatic carbocycles. The Balaban J connectivity index is 1.84. The van der Waals surface area contributed by atoms with Crippen LogP contribution in [-0.2, 0) is 6.54 Å². The van der Waals surface area contributed by atoms with Crippen LogP contribution in [0, 0.1) is 5.82 Å². The summed E-state index contributed by atoms with van der Waals surface area (Å²) in [6, 6.07) is 16.2. The molecule has 3 heteroatoms. The van der Waals surface area contributed by atoms with Gasteiger partial charge >= 0.3 is 0 Å². The minimum Gasteiger partial charge on any atom is -0.306 e. The van der Waals surface area contributed by atoms with Gasteiger partial charge in [-0.05, 0) is 23.3 Å². The van der Waals surface area contributed by atoms with Crippen molar-refractivity contribution in [3.63, 3.8) is 0 Å². The molecule has 2 nitrogen and oxygen atoms in total. The lowest BCUT2D eigenvalue weighted by Gasteiger charge is -1.99. The van der Waals surface area contributed by atoms with Gasteiger partial charge in [0.1, 0.15) is 5.82 Å². The Morgan fingerprint density at radius 2 is 1.71 bits per heavy atom. The van der Waals surface area contributed by atoms with Crippen molar-refractivity contribution in [3.05, 3.63) is 71.5 Å². The number of benzene rings is 2. The first kappa shape index (κ1) is 11.3. The molecule has 17 heavy (non-hydrogen) atoms. The number of nitrogens with one attached hydrogen (secondary N) is 1. The van der Waals surface area contributed by atoms with Gasteiger partial charge in [-0.2, -0.15) is 5.10 Å². The second kappa shape index (κ2) is 5.80. The van der Waals surface area contributed by atoms with Crippen LogP contribution < -0.4 is 5.43 Å². The average molecular weight is 228 g/mol. The van der Waals surface area contributed by atoms with Gasteiger partial charge in [-0.3, -0.25) is 0 Å². The van der Waals surface area contributed by atoms with E-state index >= 15 is 0 Å². The van der Waals surface area contributed by atoms with Crippen molar-refractivity contribution in [2.45, 2.75) is 6.54 Å². The minimum atomic E-state index is -0.237. The van der Waals surface area contributed by atoms with Gasteiger partial charge in [-0.25, -0.2) is 4.39 Å². The molecule has 0 atom stereocenters. The highest BCUT2D eigenvalue weighted by Crippen LogP contribution is 2.00. The Morgan fingerprint density at radius 3 is 2.41 bits per heavy atom. The van der Waals surface area contributed by atoms with E-state index in [1.807, 2.05) is 30.3 Å². The average Bonchev–Trinajstić information content (AvgIpc) is 2.38. The molecule has 0 bridgehead atoms. The largest absolute Gasteiger partial charge is 0.306 e. The van der Waals surface area contributed by atoms with Gasteiger partial charge in [-0.1, -0.05) is 42.5 Å². The highest BCUT2D eigenvalue weighted by atomic mass is 19.1. The molecule has 0 saturated carbocycles. The molecule has 0 amide bonds.